The van der Waals surface area contributed by atoms with Crippen molar-refractivity contribution in [1.82, 2.24) is 0 Å². The number of hydrogen-bond acceptors (Lipinski definition) is 8. The van der Waals surface area contributed by atoms with Crippen LogP contribution in [0, 0.1) is 0 Å². The number of hydrogen-bond donors (Lipinski definition) is 8. The van der Waals surface area contributed by atoms with Gasteiger partial charge in [0.05, 0.1) is 6.61 Å². The van der Waals surface area contributed by atoms with Crippen LogP contribution in [0.15, 0.2) is 0 Å². The third kappa shape index (κ3) is 6.02. The quantitative estimate of drug-likeness (QED) is 0.249. The summed E-state index contributed by atoms with van der Waals surface area (Å²) < 4.78 is 15.4. The predicted octanol–water partition coefficient (Wildman–Crippen LogP) is -2.19. The summed E-state index contributed by atoms with van der Waals surface area (Å²) in [5.41, 5.74) is 5.52. The third-order valence-corrected chi connectivity index (χ3v) is 5.44. The van der Waals surface area contributed by atoms with Gasteiger partial charge in [0.15, 0.2) is 6.29 Å². The van der Waals surface area contributed by atoms with Crippen molar-refractivity contribution in [3.8, 4) is 0 Å². The number of aliphatic hydroxyl groups is 5. The largest absolute Gasteiger partial charge is 0.394 e. The zero-order valence-electron chi connectivity index (χ0n) is 13.2. The molecule has 0 aromatic heterocycles. The van der Waals surface area contributed by atoms with Gasteiger partial charge in [-0.05, 0) is 12.8 Å². The van der Waals surface area contributed by atoms with Crippen molar-refractivity contribution in [1.29, 1.82) is 0 Å². The molecule has 0 spiro atoms. The Hall–Kier alpha value is -0.130. The summed E-state index contributed by atoms with van der Waals surface area (Å²) in [6, 6.07) is 0. The van der Waals surface area contributed by atoms with E-state index in [0.717, 1.165) is 0 Å². The first-order valence-corrected chi connectivity index (χ1v) is 8.89. The molecule has 140 valence electrons. The average molecular weight is 361 g/mol. The van der Waals surface area contributed by atoms with E-state index in [4.69, 9.17) is 41.1 Å². The van der Waals surface area contributed by atoms with Crippen LogP contribution in [0.4, 0.5) is 0 Å². The van der Waals surface area contributed by atoms with Gasteiger partial charge in [0.1, 0.15) is 29.7 Å². The summed E-state index contributed by atoms with van der Waals surface area (Å²) in [5, 5.41) is 43.4. The van der Waals surface area contributed by atoms with E-state index in [2.05, 4.69) is 4.74 Å². The van der Waals surface area contributed by atoms with E-state index in [1.165, 1.54) is 0 Å². The SMILES string of the molecule is CCCC(N)(CC)P(=O)(O)O.OC[C@H]1O[C@@H](O)[C@H](O)[C@@H](O)[C@H]1O. The summed E-state index contributed by atoms with van der Waals surface area (Å²) >= 11 is 0. The lowest BCUT2D eigenvalue weighted by molar-refractivity contribution is -0.286. The van der Waals surface area contributed by atoms with Crippen LogP contribution in [0.25, 0.3) is 0 Å². The van der Waals surface area contributed by atoms with Crippen LogP contribution in [0.1, 0.15) is 33.1 Å². The minimum absolute atomic E-state index is 0.311. The molecule has 11 heteroatoms. The number of ether oxygens (including phenoxy) is 1. The Balaban J connectivity index is 0.000000423. The van der Waals surface area contributed by atoms with Crippen molar-refractivity contribution in [3.05, 3.63) is 0 Å². The minimum atomic E-state index is -4.13. The van der Waals surface area contributed by atoms with Crippen molar-refractivity contribution in [2.45, 2.75) is 69.1 Å². The van der Waals surface area contributed by atoms with Gasteiger partial charge in [-0.25, -0.2) is 0 Å². The molecule has 0 bridgehead atoms. The van der Waals surface area contributed by atoms with Crippen LogP contribution >= 0.6 is 7.60 Å². The Morgan fingerprint density at radius 2 is 1.61 bits per heavy atom. The highest BCUT2D eigenvalue weighted by molar-refractivity contribution is 7.53. The molecule has 0 aromatic rings. The van der Waals surface area contributed by atoms with Gasteiger partial charge in [-0.3, -0.25) is 4.57 Å². The van der Waals surface area contributed by atoms with Gasteiger partial charge < -0.3 is 45.8 Å². The molecule has 1 rings (SSSR count). The Morgan fingerprint density at radius 1 is 1.09 bits per heavy atom. The van der Waals surface area contributed by atoms with Gasteiger partial charge >= 0.3 is 7.60 Å². The van der Waals surface area contributed by atoms with E-state index in [1.54, 1.807) is 6.92 Å². The minimum Gasteiger partial charge on any atom is -0.394 e. The van der Waals surface area contributed by atoms with Crippen molar-refractivity contribution >= 4 is 7.60 Å². The molecule has 6 atom stereocenters. The fourth-order valence-corrected chi connectivity index (χ4v) is 2.97. The Morgan fingerprint density at radius 3 is 1.91 bits per heavy atom. The van der Waals surface area contributed by atoms with Crippen LogP contribution in [0.3, 0.4) is 0 Å². The summed E-state index contributed by atoms with van der Waals surface area (Å²) in [7, 11) is -4.13. The zero-order chi connectivity index (χ0) is 18.4. The van der Waals surface area contributed by atoms with E-state index < -0.39 is 50.2 Å². The normalized spacial score (nSPS) is 34.3. The molecule has 0 radical (unpaired) electrons. The first-order valence-electron chi connectivity index (χ1n) is 7.28. The second kappa shape index (κ2) is 9.38. The topological polar surface area (TPSA) is 194 Å². The van der Waals surface area contributed by atoms with Gasteiger partial charge in [0.25, 0.3) is 0 Å². The molecule has 0 aliphatic carbocycles. The van der Waals surface area contributed by atoms with Crippen LogP contribution < -0.4 is 5.73 Å². The molecule has 10 nitrogen and oxygen atoms in total. The highest BCUT2D eigenvalue weighted by Gasteiger charge is 2.42. The van der Waals surface area contributed by atoms with Gasteiger partial charge in [0, 0.05) is 0 Å². The molecular weight excluding hydrogens is 333 g/mol. The van der Waals surface area contributed by atoms with Crippen molar-refractivity contribution < 1.29 is 44.6 Å². The molecule has 0 amide bonds. The summed E-state index contributed by atoms with van der Waals surface area (Å²) in [6.45, 7) is 3.02. The average Bonchev–Trinajstić information content (AvgIpc) is 2.48. The lowest BCUT2D eigenvalue weighted by Gasteiger charge is -2.37. The lowest BCUT2D eigenvalue weighted by Crippen LogP contribution is -2.58. The number of nitrogens with two attached hydrogens (primary N) is 1. The zero-order valence-corrected chi connectivity index (χ0v) is 14.1. The van der Waals surface area contributed by atoms with E-state index in [0.29, 0.717) is 19.3 Å². The molecular formula is C12H28NO9P. The van der Waals surface area contributed by atoms with E-state index in [-0.39, 0.29) is 0 Å². The summed E-state index contributed by atoms with van der Waals surface area (Å²) in [6.07, 6.45) is -5.67. The molecule has 1 aliphatic heterocycles. The molecule has 9 N–H and O–H groups in total. The first-order chi connectivity index (χ1) is 10.4. The highest BCUT2D eigenvalue weighted by Crippen LogP contribution is 2.51. The third-order valence-electron chi connectivity index (χ3n) is 3.74. The predicted molar refractivity (Wildman–Crippen MR) is 80.1 cm³/mol. The molecule has 1 heterocycles. The summed E-state index contributed by atoms with van der Waals surface area (Å²) in [5.74, 6) is 0. The molecule has 1 unspecified atom stereocenters. The monoisotopic (exact) mass is 361 g/mol. The lowest BCUT2D eigenvalue weighted by atomic mass is 10.00. The van der Waals surface area contributed by atoms with Crippen LogP contribution in [-0.4, -0.2) is 77.9 Å². The molecule has 0 aromatic carbocycles. The van der Waals surface area contributed by atoms with Crippen molar-refractivity contribution in [2.75, 3.05) is 6.61 Å². The highest BCUT2D eigenvalue weighted by atomic mass is 31.2. The molecule has 0 saturated carbocycles. The molecule has 1 saturated heterocycles. The first kappa shape index (κ1) is 22.9. The second-order valence-electron chi connectivity index (χ2n) is 5.47. The van der Waals surface area contributed by atoms with Gasteiger partial charge in [-0.2, -0.15) is 0 Å². The standard InChI is InChI=1S/C6H16NO3P.C6H12O6/c1-3-5-6(7,4-2)11(8,9)10;7-1-2-3(8)4(9)5(10)6(11)12-2/h3-5,7H2,1-2H3,(H2,8,9,10);2-11H,1H2/t;2-,3+,4+,5-,6-/m.1/s1. The maximum absolute atomic E-state index is 10.8. The summed E-state index contributed by atoms with van der Waals surface area (Å²) in [4.78, 5) is 17.7. The maximum Gasteiger partial charge on any atom is 0.345 e. The van der Waals surface area contributed by atoms with E-state index >= 15 is 0 Å². The fourth-order valence-electron chi connectivity index (χ4n) is 2.04. The Kier molecular flexibility index (Phi) is 9.33. The number of rotatable bonds is 5. The van der Waals surface area contributed by atoms with E-state index in [9.17, 15) is 4.57 Å². The molecule has 1 fully saturated rings. The Bertz CT molecular complexity index is 388. The second-order valence-corrected chi connectivity index (χ2v) is 7.45. The van der Waals surface area contributed by atoms with Crippen molar-refractivity contribution in [2.24, 2.45) is 5.73 Å². The number of aliphatic hydroxyl groups excluding tert-OH is 5. The maximum atomic E-state index is 10.8. The van der Waals surface area contributed by atoms with Gasteiger partial charge in [0.2, 0.25) is 0 Å². The van der Waals surface area contributed by atoms with Crippen LogP contribution in [0.5, 0.6) is 0 Å². The fraction of sp³-hybridized carbons (Fsp3) is 1.00. The smallest absolute Gasteiger partial charge is 0.345 e. The van der Waals surface area contributed by atoms with E-state index in [1.807, 2.05) is 6.92 Å². The van der Waals surface area contributed by atoms with Crippen molar-refractivity contribution in [3.63, 3.8) is 0 Å². The van der Waals surface area contributed by atoms with Crippen LogP contribution in [-0.2, 0) is 9.30 Å². The van der Waals surface area contributed by atoms with Gasteiger partial charge in [-0.1, -0.05) is 20.3 Å². The molecule has 23 heavy (non-hydrogen) atoms. The molecule has 1 aliphatic rings. The van der Waals surface area contributed by atoms with Gasteiger partial charge in [-0.15, -0.1) is 0 Å². The van der Waals surface area contributed by atoms with Crippen LogP contribution in [0.2, 0.25) is 0 Å². The Labute approximate surface area is 134 Å².